The molecule has 6 aromatic rings. The van der Waals surface area contributed by atoms with Crippen molar-refractivity contribution in [2.75, 3.05) is 6.61 Å². The molecule has 1 aromatic heterocycles. The maximum atomic E-state index is 12.9. The maximum absolute atomic E-state index is 12.9. The number of tetrazole rings is 1. The summed E-state index contributed by atoms with van der Waals surface area (Å²) >= 11 is 0. The molecule has 212 valence electrons. The summed E-state index contributed by atoms with van der Waals surface area (Å²) in [5, 5.41) is 18.8. The van der Waals surface area contributed by atoms with Gasteiger partial charge in [-0.25, -0.2) is 4.79 Å². The largest absolute Gasteiger partial charge is 0.463 e. The Morgan fingerprint density at radius 1 is 0.674 bits per heavy atom. The lowest BCUT2D eigenvalue weighted by Crippen LogP contribution is -2.32. The molecule has 0 saturated carbocycles. The molecule has 0 aliphatic heterocycles. The average molecular weight is 583 g/mol. The van der Waals surface area contributed by atoms with Crippen molar-refractivity contribution in [3.63, 3.8) is 0 Å². The van der Waals surface area contributed by atoms with Crippen molar-refractivity contribution in [1.82, 2.24) is 20.6 Å². The molecule has 0 spiro atoms. The van der Waals surface area contributed by atoms with Crippen LogP contribution >= 0.6 is 7.26 Å². The fraction of sp³-hybridized carbons (Fsp3) is 0.0556. The summed E-state index contributed by atoms with van der Waals surface area (Å²) in [5.41, 5.74) is 1.96. The Hall–Kier alpha value is -5.19. The lowest BCUT2D eigenvalue weighted by Gasteiger charge is -2.29. The summed E-state index contributed by atoms with van der Waals surface area (Å²) in [7, 11) is -2.40. The molecule has 0 bridgehead atoms. The van der Waals surface area contributed by atoms with Crippen LogP contribution in [0.3, 0.4) is 0 Å². The van der Waals surface area contributed by atoms with E-state index in [0.29, 0.717) is 12.4 Å². The minimum Gasteiger partial charge on any atom is -0.463 e. The lowest BCUT2D eigenvalue weighted by atomic mass is 10.2. The van der Waals surface area contributed by atoms with Crippen molar-refractivity contribution in [3.8, 4) is 11.4 Å². The summed E-state index contributed by atoms with van der Waals surface area (Å²) < 4.78 is 5.40. The van der Waals surface area contributed by atoms with Gasteiger partial charge in [-0.3, -0.25) is 10.3 Å². The van der Waals surface area contributed by atoms with Crippen molar-refractivity contribution < 1.29 is 9.53 Å². The van der Waals surface area contributed by atoms with E-state index in [1.807, 2.05) is 73.7 Å². The van der Waals surface area contributed by atoms with E-state index in [-0.39, 0.29) is 5.97 Å². The molecule has 0 saturated heterocycles. The third-order valence-corrected chi connectivity index (χ3v) is 11.1. The minimum atomic E-state index is -2.40. The van der Waals surface area contributed by atoms with Crippen molar-refractivity contribution in [2.45, 2.75) is 6.92 Å². The molecule has 6 nitrogen and oxygen atoms in total. The number of ether oxygens (including phenoxy) is 1. The van der Waals surface area contributed by atoms with Gasteiger partial charge in [-0.2, -0.15) is 5.21 Å². The van der Waals surface area contributed by atoms with Crippen LogP contribution in [-0.2, 0) is 9.53 Å². The van der Waals surface area contributed by atoms with Crippen molar-refractivity contribution in [3.05, 3.63) is 163 Å². The van der Waals surface area contributed by atoms with Gasteiger partial charge in [0.15, 0.2) is 0 Å². The summed E-state index contributed by atoms with van der Waals surface area (Å²) in [4.78, 5) is 12.9. The van der Waals surface area contributed by atoms with Crippen LogP contribution < -0.4 is 21.0 Å². The fourth-order valence-electron chi connectivity index (χ4n) is 4.94. The molecule has 6 rings (SSSR count). The molecule has 1 heterocycles. The van der Waals surface area contributed by atoms with Crippen LogP contribution in [0.15, 0.2) is 158 Å². The molecule has 7 heteroatoms. The highest BCUT2D eigenvalue weighted by Crippen LogP contribution is 2.66. The van der Waals surface area contributed by atoms with Crippen LogP contribution in [0.5, 0.6) is 0 Å². The van der Waals surface area contributed by atoms with Gasteiger partial charge in [0.05, 0.1) is 12.7 Å². The van der Waals surface area contributed by atoms with Gasteiger partial charge < -0.3 is 9.84 Å². The zero-order valence-corrected chi connectivity index (χ0v) is 24.7. The van der Waals surface area contributed by atoms with E-state index in [1.165, 1.54) is 15.9 Å². The molecular formula is C36H31N4O2P. The smallest absolute Gasteiger partial charge is 0.334 e. The van der Waals surface area contributed by atoms with Crippen LogP contribution in [0.4, 0.5) is 0 Å². The van der Waals surface area contributed by atoms with Gasteiger partial charge in [-0.1, -0.05) is 115 Å². The second kappa shape index (κ2) is 14.6. The monoisotopic (exact) mass is 582 g/mol. The second-order valence-electron chi connectivity index (χ2n) is 9.39. The molecule has 0 N–H and O–H groups in total. The normalized spacial score (nSPS) is 11.2. The lowest BCUT2D eigenvalue weighted by molar-refractivity contribution is -0.137. The summed E-state index contributed by atoms with van der Waals surface area (Å²) in [6.45, 7) is 2.17. The van der Waals surface area contributed by atoms with Crippen LogP contribution in [0.1, 0.15) is 12.5 Å². The first-order chi connectivity index (χ1) is 21.2. The standard InChI is InChI=1S/C29H26O2P.C7H5N4/c1-2-31-29(30)23-28(24-15-7-3-8-16-24)32(25-17-9-4-10-18-25,26-19-11-5-12-20-26)27-21-13-6-14-22-27;1-2-4-6(5-3-1)7-8-10-11-9-7/h3-23H,2H2,1H3;1-5H/q+1;-1/b28-23-;. The number of rotatable bonds is 8. The number of hydrogen-bond donors (Lipinski definition) is 0. The van der Waals surface area contributed by atoms with E-state index in [1.54, 1.807) is 6.08 Å². The maximum Gasteiger partial charge on any atom is 0.334 e. The Bertz CT molecular complexity index is 1620. The van der Waals surface area contributed by atoms with Gasteiger partial charge in [0, 0.05) is 11.4 Å². The highest BCUT2D eigenvalue weighted by atomic mass is 31.2. The van der Waals surface area contributed by atoms with Gasteiger partial charge in [-0.05, 0) is 48.9 Å². The predicted molar refractivity (Wildman–Crippen MR) is 175 cm³/mol. The molecule has 43 heavy (non-hydrogen) atoms. The molecular weight excluding hydrogens is 551 g/mol. The van der Waals surface area contributed by atoms with Gasteiger partial charge in [0.2, 0.25) is 0 Å². The molecule has 5 aromatic carbocycles. The highest BCUT2D eigenvalue weighted by molar-refractivity contribution is 8.03. The molecule has 0 aliphatic carbocycles. The second-order valence-corrected chi connectivity index (χ2v) is 12.8. The molecule has 0 atom stereocenters. The van der Waals surface area contributed by atoms with Gasteiger partial charge >= 0.3 is 5.97 Å². The molecule has 0 aliphatic rings. The number of carbonyl (C=O) groups is 1. The number of benzene rings is 5. The van der Waals surface area contributed by atoms with Crippen LogP contribution in [0.25, 0.3) is 16.7 Å². The molecule has 0 fully saturated rings. The summed E-state index contributed by atoms with van der Waals surface area (Å²) in [6, 6.07) is 51.4. The zero-order valence-electron chi connectivity index (χ0n) is 23.8. The Morgan fingerprint density at radius 3 is 1.53 bits per heavy atom. The first-order valence-electron chi connectivity index (χ1n) is 14.0. The van der Waals surface area contributed by atoms with Gasteiger partial charge in [-0.15, -0.1) is 0 Å². The predicted octanol–water partition coefficient (Wildman–Crippen LogP) is 6.08. The van der Waals surface area contributed by atoms with Crippen molar-refractivity contribution in [2.24, 2.45) is 0 Å². The fourth-order valence-corrected chi connectivity index (χ4v) is 9.37. The van der Waals surface area contributed by atoms with E-state index in [9.17, 15) is 4.79 Å². The van der Waals surface area contributed by atoms with E-state index in [4.69, 9.17) is 4.74 Å². The third kappa shape index (κ3) is 6.83. The van der Waals surface area contributed by atoms with E-state index in [2.05, 4.69) is 106 Å². The minimum absolute atomic E-state index is 0.321. The first-order valence-corrected chi connectivity index (χ1v) is 15.8. The number of carbonyl (C=O) groups excluding carboxylic acids is 1. The number of esters is 1. The Kier molecular flexibility index (Phi) is 9.97. The summed E-state index contributed by atoms with van der Waals surface area (Å²) in [6.07, 6.45) is 1.71. The zero-order chi connectivity index (χ0) is 29.7. The number of nitrogens with zero attached hydrogens (tertiary/aromatic N) is 4. The van der Waals surface area contributed by atoms with E-state index < -0.39 is 7.26 Å². The van der Waals surface area contributed by atoms with E-state index in [0.717, 1.165) is 16.4 Å². The Labute approximate surface area is 252 Å². The van der Waals surface area contributed by atoms with Crippen LogP contribution in [-0.4, -0.2) is 28.1 Å². The van der Waals surface area contributed by atoms with Crippen LogP contribution in [0.2, 0.25) is 0 Å². The van der Waals surface area contributed by atoms with Crippen molar-refractivity contribution in [1.29, 1.82) is 0 Å². The first kappa shape index (κ1) is 29.3. The SMILES string of the molecule is CCOC(=O)/C=C(/c1ccccc1)[P+](c1ccccc1)(c1ccccc1)c1ccccc1.c1ccc(-c2nnn[n-]2)cc1. The van der Waals surface area contributed by atoms with Gasteiger partial charge in [0.1, 0.15) is 28.5 Å². The quantitative estimate of drug-likeness (QED) is 0.123. The molecule has 0 amide bonds. The molecule has 0 radical (unpaired) electrons. The topological polar surface area (TPSA) is 79.1 Å². The Morgan fingerprint density at radius 2 is 1.12 bits per heavy atom. The number of aromatic nitrogens is 4. The highest BCUT2D eigenvalue weighted by Gasteiger charge is 2.50. The third-order valence-electron chi connectivity index (χ3n) is 6.75. The summed E-state index contributed by atoms with van der Waals surface area (Å²) in [5.74, 6) is 0.254. The molecule has 0 unspecified atom stereocenters. The number of hydrogen-bond acceptors (Lipinski definition) is 5. The van der Waals surface area contributed by atoms with Gasteiger partial charge in [0.25, 0.3) is 0 Å². The van der Waals surface area contributed by atoms with Crippen LogP contribution in [0, 0.1) is 0 Å². The Balaban J connectivity index is 0.000000279. The average Bonchev–Trinajstić information content (AvgIpc) is 3.63. The van der Waals surface area contributed by atoms with Crippen molar-refractivity contribution >= 4 is 34.5 Å². The van der Waals surface area contributed by atoms with E-state index >= 15 is 0 Å².